The monoisotopic (exact) mass is 240 g/mol. The molecule has 2 aromatic heterocycles. The minimum atomic E-state index is -0.943. The van der Waals surface area contributed by atoms with Gasteiger partial charge in [0, 0.05) is 10.7 Å². The molecule has 5 heteroatoms. The molecule has 0 spiro atoms. The van der Waals surface area contributed by atoms with Crippen LogP contribution in [0.25, 0.3) is 5.52 Å². The van der Waals surface area contributed by atoms with Crippen LogP contribution < -0.4 is 0 Å². The fourth-order valence-corrected chi connectivity index (χ4v) is 1.42. The first-order valence-corrected chi connectivity index (χ1v) is 4.33. The van der Waals surface area contributed by atoms with Crippen molar-refractivity contribution in [2.45, 2.75) is 0 Å². The highest BCUT2D eigenvalue weighted by Crippen LogP contribution is 2.13. The highest BCUT2D eigenvalue weighted by Gasteiger charge is 2.06. The molecule has 0 aliphatic carbocycles. The SMILES string of the molecule is O=C(O)c1cc2cc(Br)cnn2c1. The standard InChI is InChI=1S/C8H5BrN2O2/c9-6-2-7-1-5(8(12)13)4-11(7)10-3-6/h1-4H,(H,12,13). The van der Waals surface area contributed by atoms with E-state index >= 15 is 0 Å². The zero-order chi connectivity index (χ0) is 9.42. The molecule has 2 rings (SSSR count). The molecule has 0 aliphatic heterocycles. The van der Waals surface area contributed by atoms with Gasteiger partial charge in [-0.1, -0.05) is 0 Å². The van der Waals surface area contributed by atoms with Gasteiger partial charge in [-0.3, -0.25) is 0 Å². The molecule has 0 saturated heterocycles. The lowest BCUT2D eigenvalue weighted by Gasteiger charge is -1.91. The first-order valence-electron chi connectivity index (χ1n) is 3.54. The number of hydrogen-bond acceptors (Lipinski definition) is 2. The Hall–Kier alpha value is -1.36. The summed E-state index contributed by atoms with van der Waals surface area (Å²) in [6.45, 7) is 0. The Morgan fingerprint density at radius 1 is 1.54 bits per heavy atom. The number of carbonyl (C=O) groups is 1. The molecule has 0 unspecified atom stereocenters. The minimum Gasteiger partial charge on any atom is -0.478 e. The molecule has 2 aromatic rings. The van der Waals surface area contributed by atoms with Crippen LogP contribution in [0.15, 0.2) is 29.0 Å². The van der Waals surface area contributed by atoms with Crippen molar-refractivity contribution < 1.29 is 9.90 Å². The van der Waals surface area contributed by atoms with E-state index in [-0.39, 0.29) is 5.56 Å². The number of nitrogens with zero attached hydrogens (tertiary/aromatic N) is 2. The van der Waals surface area contributed by atoms with E-state index < -0.39 is 5.97 Å². The van der Waals surface area contributed by atoms with Crippen LogP contribution in [0, 0.1) is 0 Å². The van der Waals surface area contributed by atoms with Crippen molar-refractivity contribution in [1.29, 1.82) is 0 Å². The first kappa shape index (κ1) is 8.25. The van der Waals surface area contributed by atoms with Crippen LogP contribution in [-0.4, -0.2) is 20.7 Å². The second kappa shape index (κ2) is 2.85. The van der Waals surface area contributed by atoms with Crippen molar-refractivity contribution in [2.24, 2.45) is 0 Å². The molecule has 0 amide bonds. The fourth-order valence-electron chi connectivity index (χ4n) is 1.09. The zero-order valence-electron chi connectivity index (χ0n) is 6.44. The maximum absolute atomic E-state index is 10.6. The quantitative estimate of drug-likeness (QED) is 0.828. The Morgan fingerprint density at radius 2 is 2.31 bits per heavy atom. The number of hydrogen-bond donors (Lipinski definition) is 1. The second-order valence-corrected chi connectivity index (χ2v) is 3.49. The summed E-state index contributed by atoms with van der Waals surface area (Å²) in [7, 11) is 0. The van der Waals surface area contributed by atoms with E-state index in [4.69, 9.17) is 5.11 Å². The van der Waals surface area contributed by atoms with E-state index in [1.54, 1.807) is 18.3 Å². The first-order chi connectivity index (χ1) is 6.16. The molecular formula is C8H5BrN2O2. The average Bonchev–Trinajstić information content (AvgIpc) is 2.46. The summed E-state index contributed by atoms with van der Waals surface area (Å²) in [4.78, 5) is 10.6. The number of aromatic nitrogens is 2. The lowest BCUT2D eigenvalue weighted by molar-refractivity contribution is 0.0697. The average molecular weight is 241 g/mol. The summed E-state index contributed by atoms with van der Waals surface area (Å²) in [5, 5.41) is 12.7. The summed E-state index contributed by atoms with van der Waals surface area (Å²) < 4.78 is 2.35. The Labute approximate surface area is 81.9 Å². The zero-order valence-corrected chi connectivity index (χ0v) is 8.02. The molecule has 0 bridgehead atoms. The Balaban J connectivity index is 2.68. The lowest BCUT2D eigenvalue weighted by atomic mass is 10.3. The summed E-state index contributed by atoms with van der Waals surface area (Å²) in [5.41, 5.74) is 0.998. The van der Waals surface area contributed by atoms with Crippen molar-refractivity contribution in [3.8, 4) is 0 Å². The number of halogens is 1. The van der Waals surface area contributed by atoms with Crippen LogP contribution in [0.1, 0.15) is 10.4 Å². The predicted molar refractivity (Wildman–Crippen MR) is 49.9 cm³/mol. The van der Waals surface area contributed by atoms with Gasteiger partial charge in [0.15, 0.2) is 0 Å². The second-order valence-electron chi connectivity index (χ2n) is 2.58. The molecule has 2 heterocycles. The Morgan fingerprint density at radius 3 is 3.00 bits per heavy atom. The minimum absolute atomic E-state index is 0.241. The van der Waals surface area contributed by atoms with Gasteiger partial charge in [-0.05, 0) is 28.1 Å². The highest BCUT2D eigenvalue weighted by molar-refractivity contribution is 9.10. The third kappa shape index (κ3) is 1.42. The van der Waals surface area contributed by atoms with Gasteiger partial charge in [-0.25, -0.2) is 9.31 Å². The third-order valence-corrected chi connectivity index (χ3v) is 2.10. The number of carboxylic acids is 1. The van der Waals surface area contributed by atoms with Crippen LogP contribution in [0.4, 0.5) is 0 Å². The highest BCUT2D eigenvalue weighted by atomic mass is 79.9. The molecule has 4 nitrogen and oxygen atoms in total. The van der Waals surface area contributed by atoms with Gasteiger partial charge < -0.3 is 5.11 Å². The summed E-state index contributed by atoms with van der Waals surface area (Å²) >= 11 is 3.26. The number of carboxylic acid groups (broad SMARTS) is 1. The van der Waals surface area contributed by atoms with Gasteiger partial charge in [0.05, 0.1) is 17.3 Å². The molecule has 66 valence electrons. The van der Waals surface area contributed by atoms with E-state index in [1.165, 1.54) is 10.7 Å². The fraction of sp³-hybridized carbons (Fsp3) is 0. The maximum Gasteiger partial charge on any atom is 0.337 e. The van der Waals surface area contributed by atoms with Gasteiger partial charge in [-0.15, -0.1) is 0 Å². The van der Waals surface area contributed by atoms with E-state index in [2.05, 4.69) is 21.0 Å². The van der Waals surface area contributed by atoms with Gasteiger partial charge in [0.25, 0.3) is 0 Å². The molecule has 0 saturated carbocycles. The molecule has 0 radical (unpaired) electrons. The van der Waals surface area contributed by atoms with E-state index in [0.29, 0.717) is 0 Å². The summed E-state index contributed by atoms with van der Waals surface area (Å²) in [6.07, 6.45) is 3.09. The molecule has 1 N–H and O–H groups in total. The Kier molecular flexibility index (Phi) is 1.81. The molecule has 13 heavy (non-hydrogen) atoms. The molecule has 0 atom stereocenters. The normalized spacial score (nSPS) is 10.5. The van der Waals surface area contributed by atoms with Crippen molar-refractivity contribution in [3.05, 3.63) is 34.6 Å². The van der Waals surface area contributed by atoms with E-state index in [1.807, 2.05) is 0 Å². The lowest BCUT2D eigenvalue weighted by Crippen LogP contribution is -1.92. The van der Waals surface area contributed by atoms with E-state index in [9.17, 15) is 4.79 Å². The number of rotatable bonds is 1. The number of fused-ring (bicyclic) bond motifs is 1. The Bertz CT molecular complexity index is 478. The topological polar surface area (TPSA) is 54.6 Å². The molecular weight excluding hydrogens is 236 g/mol. The third-order valence-electron chi connectivity index (χ3n) is 1.67. The van der Waals surface area contributed by atoms with Gasteiger partial charge in [-0.2, -0.15) is 5.10 Å². The van der Waals surface area contributed by atoms with Gasteiger partial charge in [0.2, 0.25) is 0 Å². The molecule has 0 aliphatic rings. The van der Waals surface area contributed by atoms with Crippen molar-refractivity contribution >= 4 is 27.4 Å². The maximum atomic E-state index is 10.6. The molecule has 0 fully saturated rings. The van der Waals surface area contributed by atoms with Gasteiger partial charge >= 0.3 is 5.97 Å². The predicted octanol–water partition coefficient (Wildman–Crippen LogP) is 1.79. The van der Waals surface area contributed by atoms with Crippen LogP contribution in [-0.2, 0) is 0 Å². The van der Waals surface area contributed by atoms with Crippen molar-refractivity contribution in [3.63, 3.8) is 0 Å². The summed E-state index contributed by atoms with van der Waals surface area (Å²) in [5.74, 6) is -0.943. The number of aromatic carboxylic acids is 1. The van der Waals surface area contributed by atoms with Crippen LogP contribution in [0.5, 0.6) is 0 Å². The van der Waals surface area contributed by atoms with Crippen LogP contribution >= 0.6 is 15.9 Å². The summed E-state index contributed by atoms with van der Waals surface area (Å²) in [6, 6.07) is 3.37. The van der Waals surface area contributed by atoms with E-state index in [0.717, 1.165) is 9.99 Å². The smallest absolute Gasteiger partial charge is 0.337 e. The van der Waals surface area contributed by atoms with Crippen molar-refractivity contribution in [2.75, 3.05) is 0 Å². The molecule has 0 aromatic carbocycles. The van der Waals surface area contributed by atoms with Crippen LogP contribution in [0.2, 0.25) is 0 Å². The van der Waals surface area contributed by atoms with Crippen LogP contribution in [0.3, 0.4) is 0 Å². The van der Waals surface area contributed by atoms with Crippen molar-refractivity contribution in [1.82, 2.24) is 9.61 Å². The largest absolute Gasteiger partial charge is 0.478 e. The van der Waals surface area contributed by atoms with Gasteiger partial charge in [0.1, 0.15) is 0 Å².